The molecule has 1 N–H and O–H groups in total. The number of nitrogens with one attached hydrogen (secondary N) is 1. The van der Waals surface area contributed by atoms with Gasteiger partial charge in [0.25, 0.3) is 0 Å². The average Bonchev–Trinajstić information content (AvgIpc) is 2.84. The molecule has 1 aromatic carbocycles. The van der Waals surface area contributed by atoms with E-state index in [1.165, 1.54) is 6.07 Å². The molecule has 130 valence electrons. The Hall–Kier alpha value is -2.69. The first-order chi connectivity index (χ1) is 11.7. The van der Waals surface area contributed by atoms with E-state index in [1.54, 1.807) is 22.6 Å². The number of amides is 1. The molecule has 0 fully saturated rings. The number of hydrogen-bond donors (Lipinski definition) is 1. The molecule has 0 saturated carbocycles. The summed E-state index contributed by atoms with van der Waals surface area (Å²) in [5.74, 6) is 0.0143. The maximum atomic E-state index is 14.3. The van der Waals surface area contributed by atoms with Crippen LogP contribution in [0.4, 0.5) is 10.2 Å². The summed E-state index contributed by atoms with van der Waals surface area (Å²) in [6, 6.07) is 10.3. The van der Waals surface area contributed by atoms with Gasteiger partial charge in [0.1, 0.15) is 23.0 Å². The molecule has 0 aliphatic heterocycles. The molecule has 25 heavy (non-hydrogen) atoms. The van der Waals surface area contributed by atoms with Crippen molar-refractivity contribution in [3.63, 3.8) is 0 Å². The van der Waals surface area contributed by atoms with Gasteiger partial charge in [-0.05, 0) is 36.1 Å². The fourth-order valence-corrected chi connectivity index (χ4v) is 2.77. The summed E-state index contributed by atoms with van der Waals surface area (Å²) in [5.41, 5.74) is 2.35. The van der Waals surface area contributed by atoms with Crippen LogP contribution < -0.4 is 5.32 Å². The highest BCUT2D eigenvalue weighted by Crippen LogP contribution is 2.31. The molecular weight excluding hydrogens is 317 g/mol. The highest BCUT2D eigenvalue weighted by Gasteiger charge is 2.21. The van der Waals surface area contributed by atoms with Gasteiger partial charge in [-0.1, -0.05) is 39.0 Å². The molecule has 2 aromatic heterocycles. The van der Waals surface area contributed by atoms with Gasteiger partial charge >= 0.3 is 0 Å². The van der Waals surface area contributed by atoms with Crippen molar-refractivity contribution < 1.29 is 9.18 Å². The molecular formula is C20H22FN3O. The van der Waals surface area contributed by atoms with Crippen molar-refractivity contribution >= 4 is 17.4 Å². The van der Waals surface area contributed by atoms with Gasteiger partial charge in [0.15, 0.2) is 0 Å². The number of carbonyl (C=O) groups excluding carboxylic acids is 1. The predicted octanol–water partition coefficient (Wildman–Crippen LogP) is 4.82. The Morgan fingerprint density at radius 2 is 1.92 bits per heavy atom. The smallest absolute Gasteiger partial charge is 0.226 e. The molecule has 3 aromatic rings. The quantitative estimate of drug-likeness (QED) is 0.743. The second-order valence-electron chi connectivity index (χ2n) is 7.51. The van der Waals surface area contributed by atoms with Crippen LogP contribution in [0.1, 0.15) is 32.8 Å². The first-order valence-electron chi connectivity index (χ1n) is 8.28. The molecule has 1 amide bonds. The number of rotatable bonds is 3. The maximum Gasteiger partial charge on any atom is 0.226 e. The van der Waals surface area contributed by atoms with Crippen molar-refractivity contribution in [3.05, 3.63) is 54.0 Å². The molecule has 0 bridgehead atoms. The molecule has 3 rings (SSSR count). The monoisotopic (exact) mass is 339 g/mol. The highest BCUT2D eigenvalue weighted by molar-refractivity contribution is 5.95. The van der Waals surface area contributed by atoms with E-state index in [4.69, 9.17) is 0 Å². The second kappa shape index (κ2) is 6.31. The van der Waals surface area contributed by atoms with Crippen molar-refractivity contribution in [1.82, 2.24) is 9.38 Å². The number of fused-ring (bicyclic) bond motifs is 1. The van der Waals surface area contributed by atoms with Crippen molar-refractivity contribution in [2.24, 2.45) is 5.41 Å². The molecule has 2 heterocycles. The highest BCUT2D eigenvalue weighted by atomic mass is 19.1. The Kier molecular flexibility index (Phi) is 4.33. The Morgan fingerprint density at radius 3 is 2.60 bits per heavy atom. The summed E-state index contributed by atoms with van der Waals surface area (Å²) in [4.78, 5) is 17.0. The van der Waals surface area contributed by atoms with Gasteiger partial charge in [-0.2, -0.15) is 0 Å². The molecule has 0 spiro atoms. The van der Waals surface area contributed by atoms with E-state index in [1.807, 2.05) is 46.0 Å². The SMILES string of the molecule is Cc1ccc2nc(-c3ccccc3F)c(NC(=O)CC(C)(C)C)n2c1. The van der Waals surface area contributed by atoms with E-state index in [-0.39, 0.29) is 17.1 Å². The van der Waals surface area contributed by atoms with Crippen molar-refractivity contribution in [2.75, 3.05) is 5.32 Å². The molecule has 0 unspecified atom stereocenters. The third kappa shape index (κ3) is 3.71. The van der Waals surface area contributed by atoms with Gasteiger partial charge in [-0.15, -0.1) is 0 Å². The average molecular weight is 339 g/mol. The van der Waals surface area contributed by atoms with E-state index >= 15 is 0 Å². The van der Waals surface area contributed by atoms with Crippen LogP contribution in [-0.4, -0.2) is 15.3 Å². The zero-order valence-electron chi connectivity index (χ0n) is 14.9. The number of carbonyl (C=O) groups is 1. The van der Waals surface area contributed by atoms with Gasteiger partial charge in [-0.25, -0.2) is 9.37 Å². The summed E-state index contributed by atoms with van der Waals surface area (Å²) in [7, 11) is 0. The van der Waals surface area contributed by atoms with E-state index < -0.39 is 0 Å². The Bertz CT molecular complexity index is 938. The summed E-state index contributed by atoms with van der Waals surface area (Å²) in [5, 5.41) is 2.94. The lowest BCUT2D eigenvalue weighted by molar-refractivity contribution is -0.117. The van der Waals surface area contributed by atoms with Crippen LogP contribution in [0.25, 0.3) is 16.9 Å². The summed E-state index contributed by atoms with van der Waals surface area (Å²) in [6.07, 6.45) is 2.25. The Balaban J connectivity index is 2.14. The van der Waals surface area contributed by atoms with Crippen LogP contribution in [0.5, 0.6) is 0 Å². The number of benzene rings is 1. The number of aromatic nitrogens is 2. The van der Waals surface area contributed by atoms with Crippen LogP contribution in [-0.2, 0) is 4.79 Å². The standard InChI is InChI=1S/C20H22FN3O/c1-13-9-10-16-22-18(14-7-5-6-8-15(14)21)19(24(16)12-13)23-17(25)11-20(2,3)4/h5-10,12H,11H2,1-4H3,(H,23,25). The fourth-order valence-electron chi connectivity index (χ4n) is 2.77. The Labute approximate surface area is 146 Å². The minimum absolute atomic E-state index is 0.117. The molecule has 4 nitrogen and oxygen atoms in total. The Morgan fingerprint density at radius 1 is 1.20 bits per heavy atom. The van der Waals surface area contributed by atoms with Gasteiger partial charge < -0.3 is 5.32 Å². The minimum Gasteiger partial charge on any atom is -0.310 e. The van der Waals surface area contributed by atoms with Crippen LogP contribution in [0.15, 0.2) is 42.6 Å². The number of halogens is 1. The molecule has 5 heteroatoms. The lowest BCUT2D eigenvalue weighted by Gasteiger charge is -2.17. The van der Waals surface area contributed by atoms with Crippen LogP contribution in [0.2, 0.25) is 0 Å². The van der Waals surface area contributed by atoms with Gasteiger partial charge in [0, 0.05) is 18.2 Å². The molecule has 0 saturated heterocycles. The number of hydrogen-bond acceptors (Lipinski definition) is 2. The van der Waals surface area contributed by atoms with Crippen molar-refractivity contribution in [2.45, 2.75) is 34.1 Å². The van der Waals surface area contributed by atoms with Gasteiger partial charge in [-0.3, -0.25) is 9.20 Å². The third-order valence-electron chi connectivity index (χ3n) is 3.84. The third-order valence-corrected chi connectivity index (χ3v) is 3.84. The number of nitrogens with zero attached hydrogens (tertiary/aromatic N) is 2. The molecule has 0 atom stereocenters. The normalized spacial score (nSPS) is 11.7. The largest absolute Gasteiger partial charge is 0.310 e. The lowest BCUT2D eigenvalue weighted by atomic mass is 9.92. The van der Waals surface area contributed by atoms with Crippen LogP contribution in [0, 0.1) is 18.2 Å². The van der Waals surface area contributed by atoms with Crippen LogP contribution >= 0.6 is 0 Å². The van der Waals surface area contributed by atoms with E-state index in [2.05, 4.69) is 10.3 Å². The van der Waals surface area contributed by atoms with Gasteiger partial charge in [0.2, 0.25) is 5.91 Å². The van der Waals surface area contributed by atoms with Crippen molar-refractivity contribution in [3.8, 4) is 11.3 Å². The van der Waals surface area contributed by atoms with Crippen LogP contribution in [0.3, 0.4) is 0 Å². The first kappa shape index (κ1) is 17.1. The molecule has 0 aliphatic rings. The van der Waals surface area contributed by atoms with Crippen molar-refractivity contribution in [1.29, 1.82) is 0 Å². The summed E-state index contributed by atoms with van der Waals surface area (Å²) < 4.78 is 16.1. The number of pyridine rings is 1. The fraction of sp³-hybridized carbons (Fsp3) is 0.300. The van der Waals surface area contributed by atoms with E-state index in [0.29, 0.717) is 29.1 Å². The number of aryl methyl sites for hydroxylation is 1. The summed E-state index contributed by atoms with van der Waals surface area (Å²) >= 11 is 0. The lowest BCUT2D eigenvalue weighted by Crippen LogP contribution is -2.20. The second-order valence-corrected chi connectivity index (χ2v) is 7.51. The predicted molar refractivity (Wildman–Crippen MR) is 98.0 cm³/mol. The number of anilines is 1. The molecule has 0 radical (unpaired) electrons. The first-order valence-corrected chi connectivity index (χ1v) is 8.28. The zero-order valence-corrected chi connectivity index (χ0v) is 14.9. The zero-order chi connectivity index (χ0) is 18.2. The minimum atomic E-state index is -0.367. The van der Waals surface area contributed by atoms with E-state index in [9.17, 15) is 9.18 Å². The van der Waals surface area contributed by atoms with Gasteiger partial charge in [0.05, 0.1) is 0 Å². The number of imidazole rings is 1. The van der Waals surface area contributed by atoms with E-state index in [0.717, 1.165) is 5.56 Å². The molecule has 0 aliphatic carbocycles. The summed E-state index contributed by atoms with van der Waals surface area (Å²) in [6.45, 7) is 7.97. The topological polar surface area (TPSA) is 46.4 Å². The maximum absolute atomic E-state index is 14.3.